The van der Waals surface area contributed by atoms with Gasteiger partial charge in [-0.05, 0) is 51.9 Å². The number of benzene rings is 1. The Balaban J connectivity index is 1.74. The smallest absolute Gasteiger partial charge is 0.246 e. The molecule has 9 heteroatoms. The topological polar surface area (TPSA) is 126 Å². The van der Waals surface area contributed by atoms with Crippen LogP contribution in [0.1, 0.15) is 31.7 Å². The van der Waals surface area contributed by atoms with Crippen molar-refractivity contribution in [1.82, 2.24) is 20.9 Å². The Kier molecular flexibility index (Phi) is 5.66. The molecule has 28 heavy (non-hydrogen) atoms. The van der Waals surface area contributed by atoms with Crippen molar-refractivity contribution in [3.63, 3.8) is 0 Å². The molecule has 0 aliphatic carbocycles. The van der Waals surface area contributed by atoms with E-state index in [4.69, 9.17) is 5.73 Å². The second-order valence-corrected chi connectivity index (χ2v) is 8.69. The van der Waals surface area contributed by atoms with Crippen molar-refractivity contribution in [1.29, 1.82) is 0 Å². The summed E-state index contributed by atoms with van der Waals surface area (Å²) in [4.78, 5) is 41.8. The molecule has 0 unspecified atom stereocenters. The van der Waals surface area contributed by atoms with E-state index >= 15 is 0 Å². The van der Waals surface area contributed by atoms with Gasteiger partial charge in [-0.25, -0.2) is 4.98 Å². The fourth-order valence-electron chi connectivity index (χ4n) is 3.17. The highest BCUT2D eigenvalue weighted by Gasteiger charge is 2.43. The van der Waals surface area contributed by atoms with Gasteiger partial charge in [-0.1, -0.05) is 12.1 Å². The number of nitrogens with one attached hydrogen (secondary N) is 3. The van der Waals surface area contributed by atoms with E-state index in [9.17, 15) is 14.4 Å². The van der Waals surface area contributed by atoms with Crippen LogP contribution >= 0.6 is 11.3 Å². The number of nitrogens with zero attached hydrogens (tertiary/aromatic N) is 1. The van der Waals surface area contributed by atoms with Crippen LogP contribution in [0.3, 0.4) is 0 Å². The first-order valence-corrected chi connectivity index (χ1v) is 10.0. The number of rotatable bonds is 6. The summed E-state index contributed by atoms with van der Waals surface area (Å²) in [5.74, 6) is -1.30. The lowest BCUT2D eigenvalue weighted by Crippen LogP contribution is -2.67. The summed E-state index contributed by atoms with van der Waals surface area (Å²) in [6.07, 6.45) is 0.958. The highest BCUT2D eigenvalue weighted by Crippen LogP contribution is 2.24. The number of nitrogens with two attached hydrogens (primary N) is 1. The van der Waals surface area contributed by atoms with Gasteiger partial charge in [0.1, 0.15) is 16.1 Å². The maximum absolute atomic E-state index is 13.0. The summed E-state index contributed by atoms with van der Waals surface area (Å²) in [5.41, 5.74) is 3.95. The van der Waals surface area contributed by atoms with Crippen LogP contribution in [0.2, 0.25) is 0 Å². The summed E-state index contributed by atoms with van der Waals surface area (Å²) in [7, 11) is 0. The van der Waals surface area contributed by atoms with Crippen LogP contribution < -0.4 is 21.7 Å². The van der Waals surface area contributed by atoms with Crippen LogP contribution in [0.4, 0.5) is 0 Å². The first-order valence-electron chi connectivity index (χ1n) is 9.21. The van der Waals surface area contributed by atoms with E-state index in [-0.39, 0.29) is 12.3 Å². The SMILES string of the molecule is CC(C)(NC(=O)C1(NC(=O)Cc2nc3ccccc3s2)CCNCC1)C(N)=O. The zero-order chi connectivity index (χ0) is 20.4. The molecule has 0 radical (unpaired) electrons. The summed E-state index contributed by atoms with van der Waals surface area (Å²) >= 11 is 1.46. The maximum Gasteiger partial charge on any atom is 0.246 e. The molecular formula is C19H25N5O3S. The summed E-state index contributed by atoms with van der Waals surface area (Å²) in [6, 6.07) is 7.70. The molecule has 2 heterocycles. The lowest BCUT2D eigenvalue weighted by Gasteiger charge is -2.39. The molecule has 8 nitrogen and oxygen atoms in total. The molecule has 0 bridgehead atoms. The predicted octanol–water partition coefficient (Wildman–Crippen LogP) is 0.457. The van der Waals surface area contributed by atoms with Crippen LogP contribution in [0, 0.1) is 0 Å². The monoisotopic (exact) mass is 403 g/mol. The minimum atomic E-state index is -1.20. The van der Waals surface area contributed by atoms with E-state index < -0.39 is 22.9 Å². The van der Waals surface area contributed by atoms with Gasteiger partial charge >= 0.3 is 0 Å². The number of primary amides is 1. The largest absolute Gasteiger partial charge is 0.368 e. The number of carbonyl (C=O) groups is 3. The van der Waals surface area contributed by atoms with Crippen LogP contribution in [0.25, 0.3) is 10.2 Å². The normalized spacial score (nSPS) is 16.5. The van der Waals surface area contributed by atoms with E-state index in [0.29, 0.717) is 30.9 Å². The Morgan fingerprint density at radius 2 is 1.93 bits per heavy atom. The third-order valence-corrected chi connectivity index (χ3v) is 6.00. The first-order chi connectivity index (χ1) is 13.2. The molecule has 1 aliphatic rings. The highest BCUT2D eigenvalue weighted by molar-refractivity contribution is 7.18. The Hall–Kier alpha value is -2.52. The number of fused-ring (bicyclic) bond motifs is 1. The van der Waals surface area contributed by atoms with Gasteiger partial charge in [-0.15, -0.1) is 11.3 Å². The van der Waals surface area contributed by atoms with Gasteiger partial charge in [0, 0.05) is 0 Å². The Bertz CT molecular complexity index is 869. The molecule has 1 aromatic heterocycles. The molecule has 0 atom stereocenters. The number of thiazole rings is 1. The number of aromatic nitrogens is 1. The van der Waals surface area contributed by atoms with Gasteiger partial charge in [0.2, 0.25) is 17.7 Å². The summed E-state index contributed by atoms with van der Waals surface area (Å²) in [6.45, 7) is 4.27. The van der Waals surface area contributed by atoms with Crippen molar-refractivity contribution in [3.05, 3.63) is 29.3 Å². The molecule has 150 valence electrons. The highest BCUT2D eigenvalue weighted by atomic mass is 32.1. The third-order valence-electron chi connectivity index (χ3n) is 4.96. The van der Waals surface area contributed by atoms with E-state index in [0.717, 1.165) is 10.2 Å². The fourth-order valence-corrected chi connectivity index (χ4v) is 4.14. The van der Waals surface area contributed by atoms with Crippen LogP contribution in [0.5, 0.6) is 0 Å². The van der Waals surface area contributed by atoms with E-state index in [1.807, 2.05) is 24.3 Å². The minimum absolute atomic E-state index is 0.0982. The Labute approximate surface area is 167 Å². The van der Waals surface area contributed by atoms with Crippen LogP contribution in [0.15, 0.2) is 24.3 Å². The summed E-state index contributed by atoms with van der Waals surface area (Å²) in [5, 5.41) is 9.48. The zero-order valence-corrected chi connectivity index (χ0v) is 16.8. The number of carbonyl (C=O) groups excluding carboxylic acids is 3. The van der Waals surface area contributed by atoms with Crippen LogP contribution in [-0.4, -0.2) is 46.9 Å². The van der Waals surface area contributed by atoms with Crippen molar-refractivity contribution in [2.45, 2.75) is 44.2 Å². The quantitative estimate of drug-likeness (QED) is 0.557. The third kappa shape index (κ3) is 4.31. The zero-order valence-electron chi connectivity index (χ0n) is 16.0. The van der Waals surface area contributed by atoms with Crippen molar-refractivity contribution >= 4 is 39.3 Å². The van der Waals surface area contributed by atoms with E-state index in [1.54, 1.807) is 13.8 Å². The molecule has 3 amide bonds. The molecule has 2 aromatic rings. The van der Waals surface area contributed by atoms with Gasteiger partial charge in [-0.2, -0.15) is 0 Å². The van der Waals surface area contributed by atoms with E-state index in [2.05, 4.69) is 20.9 Å². The number of amides is 3. The Morgan fingerprint density at radius 1 is 1.25 bits per heavy atom. The second kappa shape index (κ2) is 7.84. The molecule has 1 aromatic carbocycles. The van der Waals surface area contributed by atoms with Gasteiger partial charge in [-0.3, -0.25) is 14.4 Å². The predicted molar refractivity (Wildman–Crippen MR) is 108 cm³/mol. The Morgan fingerprint density at radius 3 is 2.57 bits per heavy atom. The molecule has 1 aliphatic heterocycles. The number of hydrogen-bond acceptors (Lipinski definition) is 6. The van der Waals surface area contributed by atoms with Gasteiger partial charge in [0.25, 0.3) is 0 Å². The van der Waals surface area contributed by atoms with Gasteiger partial charge in [0.05, 0.1) is 16.6 Å². The molecule has 1 saturated heterocycles. The fraction of sp³-hybridized carbons (Fsp3) is 0.474. The van der Waals surface area contributed by atoms with E-state index in [1.165, 1.54) is 11.3 Å². The molecule has 1 fully saturated rings. The number of hydrogen-bond donors (Lipinski definition) is 4. The van der Waals surface area contributed by atoms with Crippen LogP contribution in [-0.2, 0) is 20.8 Å². The maximum atomic E-state index is 13.0. The van der Waals surface area contributed by atoms with Crippen molar-refractivity contribution in [2.75, 3.05) is 13.1 Å². The number of para-hydroxylation sites is 1. The molecule has 3 rings (SSSR count). The van der Waals surface area contributed by atoms with Gasteiger partial charge in [0.15, 0.2) is 0 Å². The average Bonchev–Trinajstić information content (AvgIpc) is 3.03. The summed E-state index contributed by atoms with van der Waals surface area (Å²) < 4.78 is 1.02. The molecule has 0 saturated carbocycles. The van der Waals surface area contributed by atoms with Crippen molar-refractivity contribution < 1.29 is 14.4 Å². The number of piperidine rings is 1. The van der Waals surface area contributed by atoms with Crippen molar-refractivity contribution in [3.8, 4) is 0 Å². The van der Waals surface area contributed by atoms with Gasteiger partial charge < -0.3 is 21.7 Å². The standard InChI is InChI=1S/C19H25N5O3S/c1-18(2,16(20)26)24-17(27)19(7-9-21-10-8-19)23-14(25)11-15-22-12-5-3-4-6-13(12)28-15/h3-6,21H,7-11H2,1-2H3,(H2,20,26)(H,23,25)(H,24,27). The average molecular weight is 404 g/mol. The molecular weight excluding hydrogens is 378 g/mol. The molecule has 0 spiro atoms. The molecule has 5 N–H and O–H groups in total. The minimum Gasteiger partial charge on any atom is -0.368 e. The lowest BCUT2D eigenvalue weighted by molar-refractivity contribution is -0.138. The van der Waals surface area contributed by atoms with Crippen molar-refractivity contribution in [2.24, 2.45) is 5.73 Å². The first kappa shape index (κ1) is 20.2. The second-order valence-electron chi connectivity index (χ2n) is 7.58. The lowest BCUT2D eigenvalue weighted by atomic mass is 9.86.